The minimum absolute atomic E-state index is 0.00212. The van der Waals surface area contributed by atoms with E-state index in [-0.39, 0.29) is 23.7 Å². The van der Waals surface area contributed by atoms with Crippen LogP contribution in [0.4, 0.5) is 4.39 Å². The number of aromatic nitrogens is 2. The van der Waals surface area contributed by atoms with Gasteiger partial charge in [-0.05, 0) is 24.3 Å². The molecule has 6 heteroatoms. The van der Waals surface area contributed by atoms with Crippen molar-refractivity contribution in [3.05, 3.63) is 56.2 Å². The Morgan fingerprint density at radius 2 is 2.14 bits per heavy atom. The van der Waals surface area contributed by atoms with Gasteiger partial charge in [-0.1, -0.05) is 43.3 Å². The van der Waals surface area contributed by atoms with E-state index in [1.54, 1.807) is 12.1 Å². The van der Waals surface area contributed by atoms with E-state index in [1.807, 2.05) is 20.1 Å². The van der Waals surface area contributed by atoms with Crippen molar-refractivity contribution in [3.63, 3.8) is 0 Å². The van der Waals surface area contributed by atoms with Gasteiger partial charge in [0.25, 0.3) is 5.56 Å². The van der Waals surface area contributed by atoms with Crippen molar-refractivity contribution in [3.8, 4) is 0 Å². The predicted octanol–water partition coefficient (Wildman–Crippen LogP) is 4.00. The maximum absolute atomic E-state index is 13.9. The van der Waals surface area contributed by atoms with Crippen molar-refractivity contribution in [1.29, 1.82) is 0 Å². The van der Waals surface area contributed by atoms with Crippen LogP contribution in [-0.4, -0.2) is 16.2 Å². The second-order valence-electron chi connectivity index (χ2n) is 4.97. The fourth-order valence-electron chi connectivity index (χ4n) is 2.20. The van der Waals surface area contributed by atoms with E-state index < -0.39 is 0 Å². The molecule has 2 aromatic rings. The fourth-order valence-corrected chi connectivity index (χ4v) is 2.83. The highest BCUT2D eigenvalue weighted by atomic mass is 35.5. The molecule has 0 bridgehead atoms. The number of hydrogen-bond acceptors (Lipinski definition) is 3. The van der Waals surface area contributed by atoms with Crippen LogP contribution in [-0.2, 0) is 6.42 Å². The number of aromatic amines is 1. The maximum atomic E-state index is 13.9. The summed E-state index contributed by atoms with van der Waals surface area (Å²) in [7, 11) is 0. The highest BCUT2D eigenvalue weighted by Gasteiger charge is 2.17. The number of nitrogens with one attached hydrogen (secondary N) is 1. The SMILES string of the molecule is CSc1nc(Cc2c(F)cccc2Cl)c(C(C)C)c(=O)[nH]1. The quantitative estimate of drug-likeness (QED) is 0.682. The summed E-state index contributed by atoms with van der Waals surface area (Å²) in [5.74, 6) is -0.386. The highest BCUT2D eigenvalue weighted by molar-refractivity contribution is 7.98. The second-order valence-corrected chi connectivity index (χ2v) is 6.17. The van der Waals surface area contributed by atoms with E-state index in [0.717, 1.165) is 0 Å². The van der Waals surface area contributed by atoms with Gasteiger partial charge in [-0.3, -0.25) is 4.79 Å². The molecule has 3 nitrogen and oxygen atoms in total. The van der Waals surface area contributed by atoms with Crippen LogP contribution in [0, 0.1) is 5.82 Å². The number of thioether (sulfide) groups is 1. The molecule has 1 heterocycles. The van der Waals surface area contributed by atoms with E-state index >= 15 is 0 Å². The maximum Gasteiger partial charge on any atom is 0.255 e. The van der Waals surface area contributed by atoms with Crippen molar-refractivity contribution in [2.75, 3.05) is 6.26 Å². The molecule has 0 aliphatic rings. The lowest BCUT2D eigenvalue weighted by atomic mass is 9.98. The van der Waals surface area contributed by atoms with E-state index in [9.17, 15) is 9.18 Å². The number of H-pyrrole nitrogens is 1. The molecule has 0 radical (unpaired) electrons. The number of rotatable bonds is 4. The lowest BCUT2D eigenvalue weighted by Crippen LogP contribution is -2.20. The number of benzene rings is 1. The van der Waals surface area contributed by atoms with Gasteiger partial charge in [-0.15, -0.1) is 0 Å². The van der Waals surface area contributed by atoms with Crippen molar-refractivity contribution < 1.29 is 4.39 Å². The van der Waals surface area contributed by atoms with Gasteiger partial charge in [0.1, 0.15) is 5.82 Å². The van der Waals surface area contributed by atoms with E-state index in [0.29, 0.717) is 27.0 Å². The Balaban J connectivity index is 2.57. The molecule has 112 valence electrons. The van der Waals surface area contributed by atoms with Crippen molar-refractivity contribution in [2.45, 2.75) is 31.3 Å². The minimum Gasteiger partial charge on any atom is -0.301 e. The molecular formula is C15H16ClFN2OS. The van der Waals surface area contributed by atoms with Gasteiger partial charge >= 0.3 is 0 Å². The average Bonchev–Trinajstić information content (AvgIpc) is 2.42. The van der Waals surface area contributed by atoms with Gasteiger partial charge < -0.3 is 4.98 Å². The standard InChI is InChI=1S/C15H16ClFN2OS/c1-8(2)13-12(18-15(21-3)19-14(13)20)7-9-10(16)5-4-6-11(9)17/h4-6,8H,7H2,1-3H3,(H,18,19,20). The van der Waals surface area contributed by atoms with Crippen LogP contribution in [0.15, 0.2) is 28.2 Å². The van der Waals surface area contributed by atoms with Crippen LogP contribution >= 0.6 is 23.4 Å². The average molecular weight is 327 g/mol. The summed E-state index contributed by atoms with van der Waals surface area (Å²) in [5, 5.41) is 0.865. The van der Waals surface area contributed by atoms with E-state index in [1.165, 1.54) is 17.8 Å². The lowest BCUT2D eigenvalue weighted by Gasteiger charge is -2.13. The minimum atomic E-state index is -0.384. The van der Waals surface area contributed by atoms with E-state index in [4.69, 9.17) is 11.6 Å². The first-order valence-corrected chi connectivity index (χ1v) is 8.14. The molecule has 1 N–H and O–H groups in total. The molecule has 0 fully saturated rings. The van der Waals surface area contributed by atoms with Gasteiger partial charge in [0, 0.05) is 22.6 Å². The molecular weight excluding hydrogens is 311 g/mol. The Morgan fingerprint density at radius 1 is 1.43 bits per heavy atom. The molecule has 1 aromatic heterocycles. The Labute approximate surface area is 132 Å². The Morgan fingerprint density at radius 3 is 2.71 bits per heavy atom. The molecule has 1 aromatic carbocycles. The lowest BCUT2D eigenvalue weighted by molar-refractivity contribution is 0.611. The summed E-state index contributed by atoms with van der Waals surface area (Å²) in [4.78, 5) is 19.4. The molecule has 0 saturated carbocycles. The van der Waals surface area contributed by atoms with Crippen LogP contribution in [0.5, 0.6) is 0 Å². The first kappa shape index (κ1) is 16.0. The van der Waals surface area contributed by atoms with Gasteiger partial charge in [-0.2, -0.15) is 0 Å². The Bertz CT molecular complexity index is 695. The molecule has 2 rings (SSSR count). The normalized spacial score (nSPS) is 11.1. The Kier molecular flexibility index (Phi) is 5.06. The monoisotopic (exact) mass is 326 g/mol. The summed E-state index contributed by atoms with van der Waals surface area (Å²) in [6.45, 7) is 3.83. The van der Waals surface area contributed by atoms with Crippen molar-refractivity contribution in [1.82, 2.24) is 9.97 Å². The van der Waals surface area contributed by atoms with Gasteiger partial charge in [0.2, 0.25) is 0 Å². The van der Waals surface area contributed by atoms with Crippen LogP contribution in [0.3, 0.4) is 0 Å². The third-order valence-electron chi connectivity index (χ3n) is 3.19. The third kappa shape index (κ3) is 3.47. The van der Waals surface area contributed by atoms with Crippen LogP contribution in [0.1, 0.15) is 36.6 Å². The largest absolute Gasteiger partial charge is 0.301 e. The molecule has 0 aliphatic heterocycles. The molecule has 0 atom stereocenters. The summed E-state index contributed by atoms with van der Waals surface area (Å²) in [6.07, 6.45) is 2.03. The number of halogens is 2. The number of nitrogens with zero attached hydrogens (tertiary/aromatic N) is 1. The topological polar surface area (TPSA) is 45.8 Å². The molecule has 21 heavy (non-hydrogen) atoms. The van der Waals surface area contributed by atoms with Crippen LogP contribution in [0.2, 0.25) is 5.02 Å². The molecule has 0 unspecified atom stereocenters. The zero-order valence-electron chi connectivity index (χ0n) is 12.0. The summed E-state index contributed by atoms with van der Waals surface area (Å²) >= 11 is 7.41. The zero-order chi connectivity index (χ0) is 15.6. The van der Waals surface area contributed by atoms with Crippen molar-refractivity contribution >= 4 is 23.4 Å². The first-order chi connectivity index (χ1) is 9.93. The summed E-state index contributed by atoms with van der Waals surface area (Å²) < 4.78 is 13.9. The first-order valence-electron chi connectivity index (χ1n) is 6.54. The van der Waals surface area contributed by atoms with Gasteiger partial charge in [0.05, 0.1) is 5.69 Å². The molecule has 0 saturated heterocycles. The molecule has 0 aliphatic carbocycles. The summed E-state index contributed by atoms with van der Waals surface area (Å²) in [6, 6.07) is 4.56. The van der Waals surface area contributed by atoms with Crippen LogP contribution < -0.4 is 5.56 Å². The highest BCUT2D eigenvalue weighted by Crippen LogP contribution is 2.25. The Hall–Kier alpha value is -1.33. The number of hydrogen-bond donors (Lipinski definition) is 1. The van der Waals surface area contributed by atoms with Gasteiger partial charge in [-0.25, -0.2) is 9.37 Å². The molecule has 0 spiro atoms. The smallest absolute Gasteiger partial charge is 0.255 e. The van der Waals surface area contributed by atoms with E-state index in [2.05, 4.69) is 9.97 Å². The summed E-state index contributed by atoms with van der Waals surface area (Å²) in [5.41, 5.74) is 1.34. The molecule has 0 amide bonds. The van der Waals surface area contributed by atoms with Crippen LogP contribution in [0.25, 0.3) is 0 Å². The predicted molar refractivity (Wildman–Crippen MR) is 84.9 cm³/mol. The fraction of sp³-hybridized carbons (Fsp3) is 0.333. The second kappa shape index (κ2) is 6.62. The van der Waals surface area contributed by atoms with Gasteiger partial charge in [0.15, 0.2) is 5.16 Å². The van der Waals surface area contributed by atoms with Crippen molar-refractivity contribution in [2.24, 2.45) is 0 Å². The zero-order valence-corrected chi connectivity index (χ0v) is 13.6. The third-order valence-corrected chi connectivity index (χ3v) is 4.12.